The Morgan fingerprint density at radius 3 is 2.15 bits per heavy atom. The van der Waals surface area contributed by atoms with Crippen molar-refractivity contribution in [1.82, 2.24) is 0 Å². The molecule has 2 aromatic rings. The molecule has 6 heteroatoms. The van der Waals surface area contributed by atoms with Crippen LogP contribution in [-0.2, 0) is 0 Å². The minimum Gasteiger partial charge on any atom is -0.497 e. The van der Waals surface area contributed by atoms with Crippen molar-refractivity contribution in [2.45, 2.75) is 4.83 Å². The Hall–Kier alpha value is -1.01. The van der Waals surface area contributed by atoms with E-state index >= 15 is 0 Å². The Kier molecular flexibility index (Phi) is 4.75. The molecule has 0 amide bonds. The molecule has 106 valence electrons. The standard InChI is InChI=1S/C14H9Br2F3O/c1-20-8-2-3-9(10(15)6-8)13(16)7-4-11(17)14(19)12(18)5-7/h2-6,13H,1H3. The summed E-state index contributed by atoms with van der Waals surface area (Å²) < 4.78 is 45.3. The molecule has 1 nitrogen and oxygen atoms in total. The van der Waals surface area contributed by atoms with Crippen LogP contribution in [0.4, 0.5) is 13.2 Å². The maximum atomic E-state index is 13.3. The summed E-state index contributed by atoms with van der Waals surface area (Å²) in [6.45, 7) is 0. The van der Waals surface area contributed by atoms with Gasteiger partial charge in [-0.15, -0.1) is 0 Å². The van der Waals surface area contributed by atoms with Gasteiger partial charge in [0.15, 0.2) is 17.5 Å². The van der Waals surface area contributed by atoms with Gasteiger partial charge in [0.2, 0.25) is 0 Å². The highest BCUT2D eigenvalue weighted by molar-refractivity contribution is 9.11. The fourth-order valence-electron chi connectivity index (χ4n) is 1.74. The third-order valence-electron chi connectivity index (χ3n) is 2.78. The van der Waals surface area contributed by atoms with Gasteiger partial charge in [0.05, 0.1) is 11.9 Å². The SMILES string of the molecule is COc1ccc(C(Br)c2cc(F)c(F)c(F)c2)c(Br)c1. The first-order valence-corrected chi connectivity index (χ1v) is 7.27. The van der Waals surface area contributed by atoms with E-state index in [4.69, 9.17) is 4.74 Å². The number of halogens is 5. The lowest BCUT2D eigenvalue weighted by molar-refractivity contribution is 0.414. The maximum Gasteiger partial charge on any atom is 0.194 e. The van der Waals surface area contributed by atoms with Gasteiger partial charge >= 0.3 is 0 Å². The number of rotatable bonds is 3. The molecule has 0 N–H and O–H groups in total. The third kappa shape index (κ3) is 3.01. The molecule has 2 aromatic carbocycles. The van der Waals surface area contributed by atoms with Crippen molar-refractivity contribution in [3.8, 4) is 5.75 Å². The van der Waals surface area contributed by atoms with Crippen LogP contribution >= 0.6 is 31.9 Å². The first kappa shape index (κ1) is 15.4. The summed E-state index contributed by atoms with van der Waals surface area (Å²) in [7, 11) is 1.54. The van der Waals surface area contributed by atoms with Gasteiger partial charge in [-0.25, -0.2) is 13.2 Å². The van der Waals surface area contributed by atoms with Gasteiger partial charge in [0.1, 0.15) is 5.75 Å². The molecule has 0 radical (unpaired) electrons. The molecule has 0 aliphatic rings. The van der Waals surface area contributed by atoms with Gasteiger partial charge in [-0.05, 0) is 35.4 Å². The van der Waals surface area contributed by atoms with Crippen molar-refractivity contribution in [1.29, 1.82) is 0 Å². The fraction of sp³-hybridized carbons (Fsp3) is 0.143. The average Bonchev–Trinajstić information content (AvgIpc) is 2.43. The normalized spacial score (nSPS) is 12.3. The largest absolute Gasteiger partial charge is 0.497 e. The average molecular weight is 410 g/mol. The molecule has 1 atom stereocenters. The predicted octanol–water partition coefficient (Wildman–Crippen LogP) is 5.36. The molecule has 1 unspecified atom stereocenters. The lowest BCUT2D eigenvalue weighted by atomic mass is 10.0. The number of methoxy groups -OCH3 is 1. The zero-order valence-corrected chi connectivity index (χ0v) is 13.4. The van der Waals surface area contributed by atoms with Crippen molar-refractivity contribution in [3.05, 3.63) is 63.4 Å². The summed E-state index contributed by atoms with van der Waals surface area (Å²) in [5.74, 6) is -3.25. The number of hydrogen-bond acceptors (Lipinski definition) is 1. The Bertz CT molecular complexity index is 623. The molecule has 0 aromatic heterocycles. The molecule has 20 heavy (non-hydrogen) atoms. The molecule has 0 saturated carbocycles. The van der Waals surface area contributed by atoms with E-state index in [9.17, 15) is 13.2 Å². The first-order valence-electron chi connectivity index (χ1n) is 5.56. The van der Waals surface area contributed by atoms with Crippen molar-refractivity contribution in [3.63, 3.8) is 0 Å². The summed E-state index contributed by atoms with van der Waals surface area (Å²) in [5, 5.41) is 0. The summed E-state index contributed by atoms with van der Waals surface area (Å²) in [5.41, 5.74) is 1.03. The second-order valence-corrected chi connectivity index (χ2v) is 5.82. The van der Waals surface area contributed by atoms with Crippen LogP contribution in [0.25, 0.3) is 0 Å². The molecule has 0 heterocycles. The summed E-state index contributed by atoms with van der Waals surface area (Å²) in [4.78, 5) is -0.479. The quantitative estimate of drug-likeness (QED) is 0.489. The van der Waals surface area contributed by atoms with Gasteiger partial charge in [-0.1, -0.05) is 37.9 Å². The highest BCUT2D eigenvalue weighted by Crippen LogP contribution is 2.37. The van der Waals surface area contributed by atoms with Crippen LogP contribution < -0.4 is 4.74 Å². The molecule has 0 bridgehead atoms. The Balaban J connectivity index is 2.43. The van der Waals surface area contributed by atoms with Crippen molar-refractivity contribution >= 4 is 31.9 Å². The van der Waals surface area contributed by atoms with Crippen molar-refractivity contribution in [2.24, 2.45) is 0 Å². The molecule has 0 saturated heterocycles. The smallest absolute Gasteiger partial charge is 0.194 e. The minimum absolute atomic E-state index is 0.285. The number of hydrogen-bond donors (Lipinski definition) is 0. The van der Waals surface area contributed by atoms with E-state index in [1.807, 2.05) is 0 Å². The summed E-state index contributed by atoms with van der Waals surface area (Å²) in [6, 6.07) is 7.15. The first-order chi connectivity index (χ1) is 9.43. The van der Waals surface area contributed by atoms with E-state index in [-0.39, 0.29) is 5.56 Å². The van der Waals surface area contributed by atoms with Crippen LogP contribution in [0.3, 0.4) is 0 Å². The zero-order valence-electron chi connectivity index (χ0n) is 10.3. The van der Waals surface area contributed by atoms with E-state index in [2.05, 4.69) is 31.9 Å². The number of alkyl halides is 1. The minimum atomic E-state index is -1.47. The predicted molar refractivity (Wildman–Crippen MR) is 77.8 cm³/mol. The van der Waals surface area contributed by atoms with Gasteiger partial charge in [0, 0.05) is 4.47 Å². The molecule has 0 fully saturated rings. The molecule has 0 spiro atoms. The second-order valence-electron chi connectivity index (χ2n) is 4.05. The Labute approximate surface area is 131 Å². The van der Waals surface area contributed by atoms with E-state index in [1.54, 1.807) is 18.2 Å². The van der Waals surface area contributed by atoms with E-state index in [0.717, 1.165) is 17.7 Å². The fourth-order valence-corrected chi connectivity index (χ4v) is 3.30. The molecular weight excluding hydrogens is 401 g/mol. The van der Waals surface area contributed by atoms with E-state index in [0.29, 0.717) is 10.2 Å². The van der Waals surface area contributed by atoms with Crippen LogP contribution in [-0.4, -0.2) is 7.11 Å². The van der Waals surface area contributed by atoms with Crippen LogP contribution in [0.5, 0.6) is 5.75 Å². The lowest BCUT2D eigenvalue weighted by Gasteiger charge is -2.14. The summed E-state index contributed by atoms with van der Waals surface area (Å²) >= 11 is 6.72. The summed E-state index contributed by atoms with van der Waals surface area (Å²) in [6.07, 6.45) is 0. The lowest BCUT2D eigenvalue weighted by Crippen LogP contribution is -1.99. The number of benzene rings is 2. The molecule has 2 rings (SSSR count). The van der Waals surface area contributed by atoms with E-state index in [1.165, 1.54) is 7.11 Å². The Morgan fingerprint density at radius 2 is 1.65 bits per heavy atom. The van der Waals surface area contributed by atoms with Crippen LogP contribution in [0.15, 0.2) is 34.8 Å². The zero-order chi connectivity index (χ0) is 14.9. The highest BCUT2D eigenvalue weighted by atomic mass is 79.9. The third-order valence-corrected chi connectivity index (χ3v) is 4.49. The number of ether oxygens (including phenoxy) is 1. The van der Waals surface area contributed by atoms with E-state index < -0.39 is 22.3 Å². The topological polar surface area (TPSA) is 9.23 Å². The molecule has 0 aliphatic heterocycles. The van der Waals surface area contributed by atoms with Crippen LogP contribution in [0.2, 0.25) is 0 Å². The molecule has 0 aliphatic carbocycles. The van der Waals surface area contributed by atoms with Crippen molar-refractivity contribution in [2.75, 3.05) is 7.11 Å². The van der Waals surface area contributed by atoms with Gasteiger partial charge in [0.25, 0.3) is 0 Å². The van der Waals surface area contributed by atoms with Crippen molar-refractivity contribution < 1.29 is 17.9 Å². The van der Waals surface area contributed by atoms with Gasteiger partial charge in [-0.3, -0.25) is 0 Å². The maximum absolute atomic E-state index is 13.3. The van der Waals surface area contributed by atoms with Gasteiger partial charge in [-0.2, -0.15) is 0 Å². The Morgan fingerprint density at radius 1 is 1.05 bits per heavy atom. The second kappa shape index (κ2) is 6.18. The monoisotopic (exact) mass is 408 g/mol. The van der Waals surface area contributed by atoms with Crippen LogP contribution in [0.1, 0.15) is 16.0 Å². The van der Waals surface area contributed by atoms with Crippen LogP contribution in [0, 0.1) is 17.5 Å². The molecular formula is C14H9Br2F3O. The van der Waals surface area contributed by atoms with Gasteiger partial charge < -0.3 is 4.74 Å². The highest BCUT2D eigenvalue weighted by Gasteiger charge is 2.18.